The molecule has 0 bridgehead atoms. The molecular formula is C20H22N6O4S. The van der Waals surface area contributed by atoms with Crippen LogP contribution in [0.5, 0.6) is 0 Å². The van der Waals surface area contributed by atoms with Crippen LogP contribution in [0.4, 0.5) is 11.5 Å². The number of rotatable bonds is 8. The summed E-state index contributed by atoms with van der Waals surface area (Å²) < 4.78 is 22.9. The Bertz CT molecular complexity index is 1300. The number of nitrogens with zero attached hydrogens (tertiary/aromatic N) is 2. The van der Waals surface area contributed by atoms with Crippen LogP contribution in [-0.4, -0.2) is 38.4 Å². The number of aromatic nitrogens is 1. The van der Waals surface area contributed by atoms with E-state index in [1.54, 1.807) is 18.2 Å². The molecule has 0 spiro atoms. The van der Waals surface area contributed by atoms with Crippen LogP contribution in [-0.2, 0) is 10.0 Å². The summed E-state index contributed by atoms with van der Waals surface area (Å²) in [6.45, 7) is 3.71. The second-order valence-corrected chi connectivity index (χ2v) is 8.10. The Morgan fingerprint density at radius 3 is 2.58 bits per heavy atom. The molecule has 0 atom stereocenters. The first-order valence-electron chi connectivity index (χ1n) is 9.12. The summed E-state index contributed by atoms with van der Waals surface area (Å²) in [5.41, 5.74) is 7.95. The molecule has 0 aliphatic carbocycles. The van der Waals surface area contributed by atoms with Gasteiger partial charge in [0.05, 0.1) is 34.6 Å². The highest BCUT2D eigenvalue weighted by Crippen LogP contribution is 2.23. The van der Waals surface area contributed by atoms with Gasteiger partial charge in [0, 0.05) is 30.3 Å². The number of sulfonamides is 1. The van der Waals surface area contributed by atoms with Gasteiger partial charge in [0.2, 0.25) is 10.0 Å². The first kappa shape index (κ1) is 22.0. The van der Waals surface area contributed by atoms with E-state index in [0.29, 0.717) is 28.0 Å². The highest BCUT2D eigenvalue weighted by Gasteiger charge is 2.12. The molecule has 0 saturated heterocycles. The molecule has 10 nitrogen and oxygen atoms in total. The van der Waals surface area contributed by atoms with Crippen LogP contribution in [0.3, 0.4) is 0 Å². The minimum atomic E-state index is -3.82. The van der Waals surface area contributed by atoms with Gasteiger partial charge in [-0.3, -0.25) is 4.79 Å². The Balaban J connectivity index is 2.03. The number of aliphatic hydroxyl groups is 1. The number of primary sulfonamides is 1. The number of aliphatic hydroxyl groups excluding tert-OH is 1. The second-order valence-electron chi connectivity index (χ2n) is 6.54. The molecule has 0 aliphatic heterocycles. The number of nitrogens with one attached hydrogen (secondary N) is 2. The third-order valence-corrected chi connectivity index (χ3v) is 5.38. The quantitative estimate of drug-likeness (QED) is 0.256. The highest BCUT2D eigenvalue weighted by atomic mass is 32.2. The molecule has 0 amide bonds. The van der Waals surface area contributed by atoms with Crippen molar-refractivity contribution in [3.05, 3.63) is 70.5 Å². The van der Waals surface area contributed by atoms with Crippen LogP contribution in [0.2, 0.25) is 0 Å². The van der Waals surface area contributed by atoms with Crippen molar-refractivity contribution in [2.45, 2.75) is 4.90 Å². The monoisotopic (exact) mass is 442 g/mol. The lowest BCUT2D eigenvalue weighted by molar-refractivity contribution is 0.311. The lowest BCUT2D eigenvalue weighted by Gasteiger charge is -2.16. The largest absolute Gasteiger partial charge is 0.397 e. The topological polar surface area (TPSA) is 167 Å². The third-order valence-electron chi connectivity index (χ3n) is 4.45. The number of fused-ring (bicyclic) bond motifs is 1. The number of para-hydroxylation sites is 1. The SMILES string of the molecule is C=NN(/C=C(\N)c1cccc2c(=O)cc(NCCO)[nH]c12)c1ccc(S(N)(=O)=O)cc1. The number of nitrogens with two attached hydrogens (primary N) is 2. The van der Waals surface area contributed by atoms with Gasteiger partial charge in [-0.1, -0.05) is 12.1 Å². The van der Waals surface area contributed by atoms with Crippen LogP contribution in [0.1, 0.15) is 5.56 Å². The van der Waals surface area contributed by atoms with Crippen LogP contribution in [0, 0.1) is 0 Å². The predicted molar refractivity (Wildman–Crippen MR) is 122 cm³/mol. The van der Waals surface area contributed by atoms with Crippen molar-refractivity contribution >= 4 is 44.8 Å². The van der Waals surface area contributed by atoms with Crippen molar-refractivity contribution in [1.29, 1.82) is 0 Å². The average Bonchev–Trinajstić information content (AvgIpc) is 2.75. The summed E-state index contributed by atoms with van der Waals surface area (Å²) in [5.74, 6) is 0.448. The summed E-state index contributed by atoms with van der Waals surface area (Å²) in [6.07, 6.45) is 1.50. The number of hydrogen-bond donors (Lipinski definition) is 5. The summed E-state index contributed by atoms with van der Waals surface area (Å²) in [4.78, 5) is 15.6. The predicted octanol–water partition coefficient (Wildman–Crippen LogP) is 0.959. The normalized spacial score (nSPS) is 12.0. The minimum absolute atomic E-state index is 0.0354. The second kappa shape index (κ2) is 9.00. The molecule has 3 rings (SSSR count). The van der Waals surface area contributed by atoms with Gasteiger partial charge in [0.1, 0.15) is 5.82 Å². The van der Waals surface area contributed by atoms with Crippen molar-refractivity contribution < 1.29 is 13.5 Å². The van der Waals surface area contributed by atoms with E-state index in [1.165, 1.54) is 41.5 Å². The number of pyridine rings is 1. The van der Waals surface area contributed by atoms with Gasteiger partial charge in [-0.05, 0) is 30.3 Å². The smallest absolute Gasteiger partial charge is 0.238 e. The van der Waals surface area contributed by atoms with Crippen molar-refractivity contribution in [2.75, 3.05) is 23.5 Å². The number of hydrogen-bond acceptors (Lipinski definition) is 8. The summed E-state index contributed by atoms with van der Waals surface area (Å²) in [7, 11) is -3.82. The van der Waals surface area contributed by atoms with Gasteiger partial charge >= 0.3 is 0 Å². The zero-order valence-electron chi connectivity index (χ0n) is 16.4. The van der Waals surface area contributed by atoms with Gasteiger partial charge in [-0.2, -0.15) is 5.10 Å². The van der Waals surface area contributed by atoms with Crippen LogP contribution in [0.25, 0.3) is 16.6 Å². The van der Waals surface area contributed by atoms with E-state index in [1.807, 2.05) is 0 Å². The summed E-state index contributed by atoms with van der Waals surface area (Å²) >= 11 is 0. The first-order chi connectivity index (χ1) is 14.7. The van der Waals surface area contributed by atoms with Gasteiger partial charge in [-0.15, -0.1) is 0 Å². The van der Waals surface area contributed by atoms with Gasteiger partial charge in [-0.25, -0.2) is 18.6 Å². The average molecular weight is 443 g/mol. The first-order valence-corrected chi connectivity index (χ1v) is 10.7. The lowest BCUT2D eigenvalue weighted by Crippen LogP contribution is -2.14. The molecule has 1 aromatic heterocycles. The lowest BCUT2D eigenvalue weighted by atomic mass is 10.1. The number of benzene rings is 2. The molecule has 2 aromatic carbocycles. The number of aromatic amines is 1. The fraction of sp³-hybridized carbons (Fsp3) is 0.100. The molecule has 7 N–H and O–H groups in total. The standard InChI is InChI=1S/C20H22N6O4S/c1-23-26(13-5-7-14(8-6-13)31(22,29)30)12-17(21)15-3-2-4-16-18(28)11-19(24-9-10-27)25-20(15)16/h2-8,11-12,27H,1,9-10,21H2,(H2,22,29,30)(H2,24,25,28)/b17-12-. The molecule has 31 heavy (non-hydrogen) atoms. The highest BCUT2D eigenvalue weighted by molar-refractivity contribution is 7.89. The van der Waals surface area contributed by atoms with E-state index in [9.17, 15) is 13.2 Å². The molecule has 0 fully saturated rings. The molecule has 0 unspecified atom stereocenters. The molecule has 162 valence electrons. The van der Waals surface area contributed by atoms with Gasteiger partial charge in [0.25, 0.3) is 0 Å². The van der Waals surface area contributed by atoms with Crippen LogP contribution in [0.15, 0.2) is 69.5 Å². The van der Waals surface area contributed by atoms with E-state index in [2.05, 4.69) is 22.1 Å². The van der Waals surface area contributed by atoms with E-state index in [-0.39, 0.29) is 29.2 Å². The molecule has 0 saturated carbocycles. The summed E-state index contributed by atoms with van der Waals surface area (Å²) in [6, 6.07) is 12.3. The van der Waals surface area contributed by atoms with Crippen LogP contribution >= 0.6 is 0 Å². The molecule has 0 radical (unpaired) electrons. The fourth-order valence-electron chi connectivity index (χ4n) is 2.99. The van der Waals surface area contributed by atoms with Crippen molar-refractivity contribution in [3.8, 4) is 0 Å². The zero-order valence-corrected chi connectivity index (χ0v) is 17.3. The molecule has 0 aliphatic rings. The van der Waals surface area contributed by atoms with Crippen molar-refractivity contribution in [2.24, 2.45) is 16.0 Å². The maximum atomic E-state index is 12.5. The maximum absolute atomic E-state index is 12.5. The Kier molecular flexibility index (Phi) is 6.39. The third kappa shape index (κ3) is 4.91. The summed E-state index contributed by atoms with van der Waals surface area (Å²) in [5, 5.41) is 22.8. The molecule has 3 aromatic rings. The minimum Gasteiger partial charge on any atom is -0.397 e. The Morgan fingerprint density at radius 1 is 1.26 bits per heavy atom. The number of H-pyrrole nitrogens is 1. The Labute approximate surface area is 178 Å². The van der Waals surface area contributed by atoms with Crippen molar-refractivity contribution in [1.82, 2.24) is 4.98 Å². The Morgan fingerprint density at radius 2 is 1.97 bits per heavy atom. The molecule has 1 heterocycles. The van der Waals surface area contributed by atoms with Crippen molar-refractivity contribution in [3.63, 3.8) is 0 Å². The van der Waals surface area contributed by atoms with E-state index in [4.69, 9.17) is 16.0 Å². The van der Waals surface area contributed by atoms with Crippen LogP contribution < -0.4 is 26.6 Å². The maximum Gasteiger partial charge on any atom is 0.238 e. The van der Waals surface area contributed by atoms with E-state index < -0.39 is 10.0 Å². The van der Waals surface area contributed by atoms with E-state index in [0.717, 1.165) is 0 Å². The Hall–Kier alpha value is -3.67. The zero-order chi connectivity index (χ0) is 22.6. The van der Waals surface area contributed by atoms with Gasteiger partial charge < -0.3 is 21.1 Å². The van der Waals surface area contributed by atoms with Gasteiger partial charge in [0.15, 0.2) is 5.43 Å². The fourth-order valence-corrected chi connectivity index (χ4v) is 3.50. The molecule has 11 heteroatoms. The van der Waals surface area contributed by atoms with E-state index >= 15 is 0 Å². The number of hydrazone groups is 1. The number of anilines is 2. The molecular weight excluding hydrogens is 420 g/mol.